The largest absolute Gasteiger partial charge is 0.456 e. The number of esters is 1. The third-order valence-corrected chi connectivity index (χ3v) is 6.73. The molecule has 0 aromatic carbocycles. The number of halogens is 1. The summed E-state index contributed by atoms with van der Waals surface area (Å²) in [5.74, 6) is -1.15. The van der Waals surface area contributed by atoms with Crippen molar-refractivity contribution in [1.82, 2.24) is 0 Å². The lowest BCUT2D eigenvalue weighted by Crippen LogP contribution is -2.61. The van der Waals surface area contributed by atoms with E-state index in [2.05, 4.69) is 0 Å². The highest BCUT2D eigenvalue weighted by Gasteiger charge is 2.61. The van der Waals surface area contributed by atoms with E-state index in [-0.39, 0.29) is 18.3 Å². The summed E-state index contributed by atoms with van der Waals surface area (Å²) in [7, 11) is -5.22. The minimum Gasteiger partial charge on any atom is -0.456 e. The van der Waals surface area contributed by atoms with Gasteiger partial charge in [-0.15, -0.1) is 0 Å². The van der Waals surface area contributed by atoms with Gasteiger partial charge in [0.2, 0.25) is 0 Å². The van der Waals surface area contributed by atoms with Crippen LogP contribution < -0.4 is 0 Å². The van der Waals surface area contributed by atoms with Crippen molar-refractivity contribution in [1.29, 1.82) is 0 Å². The van der Waals surface area contributed by atoms with Gasteiger partial charge in [-0.2, -0.15) is 8.42 Å². The van der Waals surface area contributed by atoms with Crippen molar-refractivity contribution in [2.45, 2.75) is 68.1 Å². The number of rotatable bonds is 4. The van der Waals surface area contributed by atoms with E-state index in [1.54, 1.807) is 0 Å². The number of carbonyl (C=O) groups excluding carboxylic acids is 1. The summed E-state index contributed by atoms with van der Waals surface area (Å²) in [5, 5.41) is 7.10. The second kappa shape index (κ2) is 4.64. The average Bonchev–Trinajstić information content (AvgIpc) is 2.32. The van der Waals surface area contributed by atoms with E-state index in [4.69, 9.17) is 9.29 Å². The van der Waals surface area contributed by atoms with E-state index in [0.717, 1.165) is 13.3 Å². The topological polar surface area (TPSA) is 101 Å². The Balaban J connectivity index is 1.85. The van der Waals surface area contributed by atoms with E-state index in [9.17, 15) is 22.7 Å². The van der Waals surface area contributed by atoms with E-state index < -0.39 is 38.7 Å². The standard InChI is InChI=1S/C14H21FO6S/c1-2-14(15,22(18,19)20)11(16)21-13-6-9-3-10(7-13)5-12(17,4-9)8-13/h9-10,17H,2-8H2,1H3,(H,18,19,20). The molecule has 0 radical (unpaired) electrons. The zero-order valence-electron chi connectivity index (χ0n) is 12.4. The minimum absolute atomic E-state index is 0.209. The predicted molar refractivity (Wildman–Crippen MR) is 74.1 cm³/mol. The van der Waals surface area contributed by atoms with Crippen LogP contribution in [0.15, 0.2) is 0 Å². The van der Waals surface area contributed by atoms with Crippen molar-refractivity contribution in [3.63, 3.8) is 0 Å². The molecule has 0 aliphatic heterocycles. The normalized spacial score (nSPS) is 42.9. The van der Waals surface area contributed by atoms with Gasteiger partial charge in [0.05, 0.1) is 5.60 Å². The maximum Gasteiger partial charge on any atom is 0.363 e. The summed E-state index contributed by atoms with van der Waals surface area (Å²) >= 11 is 0. The molecule has 4 rings (SSSR count). The number of alkyl halides is 1. The zero-order chi connectivity index (χ0) is 16.4. The zero-order valence-corrected chi connectivity index (χ0v) is 13.2. The van der Waals surface area contributed by atoms with Gasteiger partial charge >= 0.3 is 21.1 Å². The predicted octanol–water partition coefficient (Wildman–Crippen LogP) is 1.58. The van der Waals surface area contributed by atoms with Crippen LogP contribution in [0.3, 0.4) is 0 Å². The molecule has 4 fully saturated rings. The molecule has 126 valence electrons. The van der Waals surface area contributed by atoms with Crippen molar-refractivity contribution < 1.29 is 32.0 Å². The molecular weight excluding hydrogens is 315 g/mol. The lowest BCUT2D eigenvalue weighted by Gasteiger charge is -2.59. The minimum atomic E-state index is -5.22. The van der Waals surface area contributed by atoms with Gasteiger partial charge in [0.25, 0.3) is 0 Å². The van der Waals surface area contributed by atoms with Crippen LogP contribution in [0.5, 0.6) is 0 Å². The van der Waals surface area contributed by atoms with Gasteiger partial charge in [0.1, 0.15) is 5.60 Å². The SMILES string of the molecule is CCC(F)(C(=O)OC12CC3CC(CC(O)(C3)C1)C2)S(=O)(=O)O. The smallest absolute Gasteiger partial charge is 0.363 e. The monoisotopic (exact) mass is 336 g/mol. The van der Waals surface area contributed by atoms with Crippen LogP contribution in [0.25, 0.3) is 0 Å². The van der Waals surface area contributed by atoms with Gasteiger partial charge in [-0.1, -0.05) is 6.92 Å². The highest BCUT2D eigenvalue weighted by molar-refractivity contribution is 7.87. The van der Waals surface area contributed by atoms with Crippen molar-refractivity contribution >= 4 is 16.1 Å². The van der Waals surface area contributed by atoms with Crippen LogP contribution in [-0.4, -0.2) is 40.2 Å². The fourth-order valence-electron chi connectivity index (χ4n) is 4.96. The Kier molecular flexibility index (Phi) is 3.40. The van der Waals surface area contributed by atoms with Gasteiger partial charge in [-0.25, -0.2) is 9.18 Å². The number of ether oxygens (including phenoxy) is 1. The van der Waals surface area contributed by atoms with E-state index in [0.29, 0.717) is 25.7 Å². The molecule has 0 spiro atoms. The summed E-state index contributed by atoms with van der Waals surface area (Å²) in [6, 6.07) is 0. The summed E-state index contributed by atoms with van der Waals surface area (Å²) in [5.41, 5.74) is -1.92. The molecule has 0 aromatic rings. The average molecular weight is 336 g/mol. The number of hydrogen-bond acceptors (Lipinski definition) is 5. The van der Waals surface area contributed by atoms with Crippen molar-refractivity contribution in [2.24, 2.45) is 11.8 Å². The lowest BCUT2D eigenvalue weighted by molar-refractivity contribution is -0.224. The van der Waals surface area contributed by atoms with Gasteiger partial charge < -0.3 is 9.84 Å². The Morgan fingerprint density at radius 3 is 2.27 bits per heavy atom. The maximum atomic E-state index is 14.4. The Bertz CT molecular complexity index is 588. The van der Waals surface area contributed by atoms with Crippen LogP contribution in [0.1, 0.15) is 51.9 Å². The van der Waals surface area contributed by atoms with Gasteiger partial charge in [0.15, 0.2) is 0 Å². The Morgan fingerprint density at radius 2 is 1.86 bits per heavy atom. The van der Waals surface area contributed by atoms with E-state index in [1.165, 1.54) is 0 Å². The first kappa shape index (κ1) is 16.1. The van der Waals surface area contributed by atoms with Gasteiger partial charge in [-0.05, 0) is 43.9 Å². The molecule has 3 unspecified atom stereocenters. The summed E-state index contributed by atoms with van der Waals surface area (Å²) in [6.07, 6.45) is 2.77. The molecule has 0 heterocycles. The van der Waals surface area contributed by atoms with Crippen molar-refractivity contribution in [3.8, 4) is 0 Å². The molecule has 4 aliphatic rings. The molecular formula is C14H21FO6S. The molecule has 2 N–H and O–H groups in total. The second-order valence-corrected chi connectivity index (χ2v) is 8.91. The molecule has 3 atom stereocenters. The first-order valence-electron chi connectivity index (χ1n) is 7.63. The van der Waals surface area contributed by atoms with Crippen LogP contribution in [0.2, 0.25) is 0 Å². The number of aliphatic hydroxyl groups is 1. The quantitative estimate of drug-likeness (QED) is 0.597. The molecule has 0 amide bonds. The summed E-state index contributed by atoms with van der Waals surface area (Å²) < 4.78 is 51.1. The van der Waals surface area contributed by atoms with Crippen LogP contribution >= 0.6 is 0 Å². The molecule has 4 saturated carbocycles. The first-order valence-corrected chi connectivity index (χ1v) is 9.07. The highest BCUT2D eigenvalue weighted by Crippen LogP contribution is 2.59. The Labute approximate surface area is 128 Å². The molecule has 22 heavy (non-hydrogen) atoms. The molecule has 4 bridgehead atoms. The van der Waals surface area contributed by atoms with Crippen molar-refractivity contribution in [3.05, 3.63) is 0 Å². The third kappa shape index (κ3) is 2.35. The first-order chi connectivity index (χ1) is 10.0. The van der Waals surface area contributed by atoms with Crippen LogP contribution in [0.4, 0.5) is 4.39 Å². The third-order valence-electron chi connectivity index (χ3n) is 5.45. The fourth-order valence-corrected chi connectivity index (χ4v) is 5.57. The maximum absolute atomic E-state index is 14.4. The molecule has 4 aliphatic carbocycles. The van der Waals surface area contributed by atoms with Gasteiger partial charge in [-0.3, -0.25) is 4.55 Å². The Hall–Kier alpha value is -0.730. The highest BCUT2D eigenvalue weighted by atomic mass is 32.2. The van der Waals surface area contributed by atoms with Crippen molar-refractivity contribution in [2.75, 3.05) is 0 Å². The molecule has 6 nitrogen and oxygen atoms in total. The summed E-state index contributed by atoms with van der Waals surface area (Å²) in [4.78, 5) is 12.1. The van der Waals surface area contributed by atoms with Gasteiger partial charge in [0, 0.05) is 12.8 Å². The lowest BCUT2D eigenvalue weighted by atomic mass is 9.52. The van der Waals surface area contributed by atoms with Crippen LogP contribution in [-0.2, 0) is 19.6 Å². The van der Waals surface area contributed by atoms with E-state index in [1.807, 2.05) is 0 Å². The second-order valence-electron chi connectivity index (χ2n) is 7.31. The summed E-state index contributed by atoms with van der Waals surface area (Å²) in [6.45, 7) is 1.16. The fraction of sp³-hybridized carbons (Fsp3) is 0.929. The molecule has 0 saturated heterocycles. The molecule has 0 aromatic heterocycles. The number of carbonyl (C=O) groups is 1. The van der Waals surface area contributed by atoms with E-state index >= 15 is 0 Å². The molecule has 8 heteroatoms. The van der Waals surface area contributed by atoms with Crippen LogP contribution in [0, 0.1) is 11.8 Å². The number of hydrogen-bond donors (Lipinski definition) is 2. The Morgan fingerprint density at radius 1 is 1.32 bits per heavy atom.